The minimum atomic E-state index is -3.79. The molecule has 2 aromatic carbocycles. The molecule has 0 saturated carbocycles. The maximum atomic E-state index is 13.1. The van der Waals surface area contributed by atoms with Crippen LogP contribution >= 0.6 is 22.6 Å². The number of aromatic nitrogens is 3. The standard InChI is InChI=1S/C21H18IN3O4S/c1-13-4-7-15(8-5-13)30(26,27)25-12-16(22)20-21(25)23-11-17(24-20)14-6-9-18(28-2)19(10-14)29-3/h4-12H,1-3H3. The summed E-state index contributed by atoms with van der Waals surface area (Å²) in [4.78, 5) is 9.30. The topological polar surface area (TPSA) is 83.3 Å². The second kappa shape index (κ2) is 7.88. The van der Waals surface area contributed by atoms with Crippen LogP contribution in [0.3, 0.4) is 0 Å². The maximum absolute atomic E-state index is 13.1. The van der Waals surface area contributed by atoms with E-state index >= 15 is 0 Å². The lowest BCUT2D eigenvalue weighted by atomic mass is 10.1. The van der Waals surface area contributed by atoms with E-state index in [0.717, 1.165) is 11.1 Å². The van der Waals surface area contributed by atoms with E-state index in [1.54, 1.807) is 56.9 Å². The van der Waals surface area contributed by atoms with E-state index in [2.05, 4.69) is 32.6 Å². The Morgan fingerprint density at radius 1 is 1.00 bits per heavy atom. The third-order valence-corrected chi connectivity index (χ3v) is 7.13. The molecule has 0 bridgehead atoms. The normalized spacial score (nSPS) is 11.6. The van der Waals surface area contributed by atoms with Crippen LogP contribution in [-0.2, 0) is 10.0 Å². The molecule has 0 amide bonds. The molecule has 2 heterocycles. The van der Waals surface area contributed by atoms with Gasteiger partial charge in [0.25, 0.3) is 10.0 Å². The molecule has 0 N–H and O–H groups in total. The Bertz CT molecular complexity index is 1350. The molecule has 30 heavy (non-hydrogen) atoms. The van der Waals surface area contributed by atoms with Crippen LogP contribution in [-0.4, -0.2) is 36.6 Å². The lowest BCUT2D eigenvalue weighted by molar-refractivity contribution is 0.355. The van der Waals surface area contributed by atoms with Crippen LogP contribution in [0.15, 0.2) is 59.8 Å². The summed E-state index contributed by atoms with van der Waals surface area (Å²) < 4.78 is 38.8. The third kappa shape index (κ3) is 3.52. The Hall–Kier alpha value is -2.66. The average Bonchev–Trinajstić information content (AvgIpc) is 3.10. The number of ether oxygens (including phenoxy) is 2. The van der Waals surface area contributed by atoms with E-state index in [1.165, 1.54) is 3.97 Å². The van der Waals surface area contributed by atoms with Gasteiger partial charge >= 0.3 is 0 Å². The summed E-state index contributed by atoms with van der Waals surface area (Å²) in [6.07, 6.45) is 3.10. The molecule has 7 nitrogen and oxygen atoms in total. The Labute approximate surface area is 187 Å². The lowest BCUT2D eigenvalue weighted by Crippen LogP contribution is -2.12. The second-order valence-corrected chi connectivity index (χ2v) is 9.57. The molecule has 2 aromatic heterocycles. The summed E-state index contributed by atoms with van der Waals surface area (Å²) in [5.74, 6) is 1.19. The molecule has 9 heteroatoms. The molecule has 0 fully saturated rings. The van der Waals surface area contributed by atoms with Crippen molar-refractivity contribution in [1.29, 1.82) is 0 Å². The summed E-state index contributed by atoms with van der Waals surface area (Å²) in [6.45, 7) is 1.91. The molecule has 0 aliphatic rings. The predicted octanol–water partition coefficient (Wildman–Crippen LogP) is 4.27. The van der Waals surface area contributed by atoms with Gasteiger partial charge in [-0.15, -0.1) is 0 Å². The number of aryl methyl sites for hydroxylation is 1. The molecule has 0 atom stereocenters. The van der Waals surface area contributed by atoms with Crippen molar-refractivity contribution in [3.63, 3.8) is 0 Å². The Morgan fingerprint density at radius 3 is 2.37 bits per heavy atom. The van der Waals surface area contributed by atoms with E-state index in [9.17, 15) is 8.42 Å². The first-order valence-electron chi connectivity index (χ1n) is 8.93. The number of methoxy groups -OCH3 is 2. The van der Waals surface area contributed by atoms with Gasteiger partial charge in [-0.1, -0.05) is 17.7 Å². The van der Waals surface area contributed by atoms with Crippen molar-refractivity contribution >= 4 is 43.8 Å². The van der Waals surface area contributed by atoms with Crippen LogP contribution in [0.5, 0.6) is 11.5 Å². The first kappa shape index (κ1) is 20.6. The van der Waals surface area contributed by atoms with Gasteiger partial charge in [-0.3, -0.25) is 0 Å². The van der Waals surface area contributed by atoms with Crippen LogP contribution in [0.25, 0.3) is 22.4 Å². The quantitative estimate of drug-likeness (QED) is 0.355. The predicted molar refractivity (Wildman–Crippen MR) is 123 cm³/mol. The Balaban J connectivity index is 1.83. The van der Waals surface area contributed by atoms with Gasteiger partial charge in [0.2, 0.25) is 0 Å². The fourth-order valence-electron chi connectivity index (χ4n) is 3.07. The summed E-state index contributed by atoms with van der Waals surface area (Å²) >= 11 is 2.07. The van der Waals surface area contributed by atoms with Gasteiger partial charge in [-0.05, 0) is 59.8 Å². The number of fused-ring (bicyclic) bond motifs is 1. The van der Waals surface area contributed by atoms with Gasteiger partial charge in [-0.25, -0.2) is 22.4 Å². The van der Waals surface area contributed by atoms with E-state index in [1.807, 2.05) is 19.1 Å². The maximum Gasteiger partial charge on any atom is 0.269 e. The van der Waals surface area contributed by atoms with Crippen molar-refractivity contribution < 1.29 is 17.9 Å². The van der Waals surface area contributed by atoms with Crippen molar-refractivity contribution in [2.45, 2.75) is 11.8 Å². The van der Waals surface area contributed by atoms with Crippen LogP contribution < -0.4 is 9.47 Å². The first-order valence-corrected chi connectivity index (χ1v) is 11.5. The molecular formula is C21H18IN3O4S. The zero-order chi connectivity index (χ0) is 21.5. The third-order valence-electron chi connectivity index (χ3n) is 4.68. The fourth-order valence-corrected chi connectivity index (χ4v) is 5.21. The van der Waals surface area contributed by atoms with Gasteiger partial charge in [0.15, 0.2) is 17.1 Å². The summed E-state index contributed by atoms with van der Waals surface area (Å²) in [5.41, 5.74) is 3.17. The van der Waals surface area contributed by atoms with Gasteiger partial charge in [-0.2, -0.15) is 0 Å². The van der Waals surface area contributed by atoms with Gasteiger partial charge in [0.05, 0.1) is 34.6 Å². The number of rotatable bonds is 5. The largest absolute Gasteiger partial charge is 0.493 e. The Kier molecular flexibility index (Phi) is 5.41. The second-order valence-electron chi connectivity index (χ2n) is 6.59. The molecule has 4 rings (SSSR count). The molecular weight excluding hydrogens is 517 g/mol. The van der Waals surface area contributed by atoms with E-state index in [0.29, 0.717) is 26.3 Å². The minimum absolute atomic E-state index is 0.201. The van der Waals surface area contributed by atoms with Crippen LogP contribution in [0, 0.1) is 10.5 Å². The molecule has 0 aliphatic heterocycles. The summed E-state index contributed by atoms with van der Waals surface area (Å²) in [6, 6.07) is 12.2. The molecule has 0 radical (unpaired) electrons. The van der Waals surface area contributed by atoms with Crippen molar-refractivity contribution in [3.8, 4) is 22.8 Å². The van der Waals surface area contributed by atoms with Crippen molar-refractivity contribution in [2.75, 3.05) is 14.2 Å². The number of hydrogen-bond acceptors (Lipinski definition) is 6. The summed E-state index contributed by atoms with van der Waals surface area (Å²) in [5, 5.41) is 0. The fraction of sp³-hybridized carbons (Fsp3) is 0.143. The highest BCUT2D eigenvalue weighted by molar-refractivity contribution is 14.1. The highest BCUT2D eigenvalue weighted by Crippen LogP contribution is 2.33. The molecule has 4 aromatic rings. The van der Waals surface area contributed by atoms with Gasteiger partial charge in [0.1, 0.15) is 5.52 Å². The van der Waals surface area contributed by atoms with E-state index < -0.39 is 10.0 Å². The minimum Gasteiger partial charge on any atom is -0.493 e. The highest BCUT2D eigenvalue weighted by Gasteiger charge is 2.23. The van der Waals surface area contributed by atoms with Crippen molar-refractivity contribution in [3.05, 3.63) is 64.0 Å². The van der Waals surface area contributed by atoms with Crippen LogP contribution in [0.1, 0.15) is 5.56 Å². The lowest BCUT2D eigenvalue weighted by Gasteiger charge is -2.10. The molecule has 0 aliphatic carbocycles. The van der Waals surface area contributed by atoms with E-state index in [-0.39, 0.29) is 10.5 Å². The zero-order valence-electron chi connectivity index (χ0n) is 16.5. The van der Waals surface area contributed by atoms with Crippen LogP contribution in [0.4, 0.5) is 0 Å². The number of hydrogen-bond donors (Lipinski definition) is 0. The molecule has 154 valence electrons. The summed E-state index contributed by atoms with van der Waals surface area (Å²) in [7, 11) is -0.648. The monoisotopic (exact) mass is 535 g/mol. The average molecular weight is 535 g/mol. The molecule has 0 spiro atoms. The SMILES string of the molecule is COc1ccc(-c2cnc3c(n2)c(I)cn3S(=O)(=O)c2ccc(C)cc2)cc1OC. The molecule has 0 unspecified atom stereocenters. The number of halogens is 1. The first-order chi connectivity index (χ1) is 14.3. The van der Waals surface area contributed by atoms with E-state index in [4.69, 9.17) is 9.47 Å². The molecule has 0 saturated heterocycles. The highest BCUT2D eigenvalue weighted by atomic mass is 127. The van der Waals surface area contributed by atoms with Gasteiger partial charge in [0, 0.05) is 11.8 Å². The zero-order valence-corrected chi connectivity index (χ0v) is 19.4. The smallest absolute Gasteiger partial charge is 0.269 e. The van der Waals surface area contributed by atoms with Crippen molar-refractivity contribution in [1.82, 2.24) is 13.9 Å². The van der Waals surface area contributed by atoms with Crippen LogP contribution in [0.2, 0.25) is 0 Å². The number of benzene rings is 2. The number of nitrogens with zero attached hydrogens (tertiary/aromatic N) is 3. The Morgan fingerprint density at radius 2 is 1.70 bits per heavy atom. The van der Waals surface area contributed by atoms with Crippen molar-refractivity contribution in [2.24, 2.45) is 0 Å². The van der Waals surface area contributed by atoms with Gasteiger partial charge < -0.3 is 9.47 Å².